The largest absolute Gasteiger partial charge is 0.324 e. The maximum Gasteiger partial charge on any atom is 0.246 e. The van der Waals surface area contributed by atoms with Crippen LogP contribution in [0, 0.1) is 6.92 Å². The Morgan fingerprint density at radius 3 is 2.42 bits per heavy atom. The lowest BCUT2D eigenvalue weighted by atomic mass is 10.0. The summed E-state index contributed by atoms with van der Waals surface area (Å²) in [6, 6.07) is 21.5. The van der Waals surface area contributed by atoms with E-state index in [9.17, 15) is 4.79 Å². The molecule has 2 heterocycles. The number of aryl methyl sites for hydroxylation is 1. The molecule has 0 fully saturated rings. The van der Waals surface area contributed by atoms with Crippen molar-refractivity contribution in [3.63, 3.8) is 0 Å². The zero-order chi connectivity index (χ0) is 17.9. The molecule has 4 rings (SSSR count). The number of anilines is 1. The summed E-state index contributed by atoms with van der Waals surface area (Å²) in [5.41, 5.74) is 4.52. The van der Waals surface area contributed by atoms with Crippen LogP contribution in [0.2, 0.25) is 0 Å². The van der Waals surface area contributed by atoms with Crippen molar-refractivity contribution < 1.29 is 4.79 Å². The van der Waals surface area contributed by atoms with E-state index in [0.29, 0.717) is 5.65 Å². The monoisotopic (exact) mass is 342 g/mol. The van der Waals surface area contributed by atoms with Gasteiger partial charge in [0, 0.05) is 17.3 Å². The highest BCUT2D eigenvalue weighted by Gasteiger charge is 2.15. The van der Waals surface area contributed by atoms with Crippen LogP contribution in [0.3, 0.4) is 0 Å². The van der Waals surface area contributed by atoms with Gasteiger partial charge in [0.2, 0.25) is 5.91 Å². The van der Waals surface area contributed by atoms with Gasteiger partial charge in [-0.05, 0) is 36.2 Å². The van der Waals surface area contributed by atoms with Crippen LogP contribution in [0.25, 0.3) is 22.2 Å². The Hall–Kier alpha value is -3.47. The van der Waals surface area contributed by atoms with Crippen molar-refractivity contribution in [1.82, 2.24) is 14.8 Å². The van der Waals surface area contributed by atoms with Crippen LogP contribution in [0.1, 0.15) is 5.69 Å². The van der Waals surface area contributed by atoms with Crippen molar-refractivity contribution in [3.05, 3.63) is 78.6 Å². The number of nitrogens with zero attached hydrogens (tertiary/aromatic N) is 3. The van der Waals surface area contributed by atoms with Gasteiger partial charge in [0.1, 0.15) is 6.54 Å². The molecule has 0 aliphatic carbocycles. The number of benzene rings is 2. The van der Waals surface area contributed by atoms with Gasteiger partial charge in [0.15, 0.2) is 5.65 Å². The first-order valence-corrected chi connectivity index (χ1v) is 8.45. The molecule has 0 saturated carbocycles. The van der Waals surface area contributed by atoms with E-state index in [2.05, 4.69) is 27.5 Å². The Labute approximate surface area is 151 Å². The highest BCUT2D eigenvalue weighted by atomic mass is 16.2. The van der Waals surface area contributed by atoms with Gasteiger partial charge >= 0.3 is 0 Å². The van der Waals surface area contributed by atoms with Crippen LogP contribution in [-0.4, -0.2) is 20.7 Å². The summed E-state index contributed by atoms with van der Waals surface area (Å²) in [5.74, 6) is -0.132. The van der Waals surface area contributed by atoms with E-state index in [1.54, 1.807) is 10.9 Å². The van der Waals surface area contributed by atoms with Crippen molar-refractivity contribution in [2.75, 3.05) is 5.32 Å². The molecular weight excluding hydrogens is 324 g/mol. The first-order valence-electron chi connectivity index (χ1n) is 8.45. The number of hydrogen-bond donors (Lipinski definition) is 1. The third-order valence-electron chi connectivity index (χ3n) is 4.24. The SMILES string of the molecule is Cc1nn(CC(=O)Nc2ccccc2)c2nccc(-c3ccccc3)c12. The van der Waals surface area contributed by atoms with Gasteiger partial charge in [-0.2, -0.15) is 5.10 Å². The Balaban J connectivity index is 1.68. The number of pyridine rings is 1. The fourth-order valence-electron chi connectivity index (χ4n) is 3.11. The molecule has 0 unspecified atom stereocenters. The minimum atomic E-state index is -0.132. The molecule has 128 valence electrons. The van der Waals surface area contributed by atoms with Crippen LogP contribution in [0.15, 0.2) is 72.9 Å². The Morgan fingerprint density at radius 2 is 1.69 bits per heavy atom. The number of aromatic nitrogens is 3. The van der Waals surface area contributed by atoms with Crippen LogP contribution < -0.4 is 5.32 Å². The summed E-state index contributed by atoms with van der Waals surface area (Å²) in [7, 11) is 0. The molecule has 2 aromatic carbocycles. The van der Waals surface area contributed by atoms with Crippen LogP contribution in [0.4, 0.5) is 5.69 Å². The van der Waals surface area contributed by atoms with Gasteiger partial charge in [0.25, 0.3) is 0 Å². The number of amides is 1. The van der Waals surface area contributed by atoms with Crippen LogP contribution in [-0.2, 0) is 11.3 Å². The minimum Gasteiger partial charge on any atom is -0.324 e. The fraction of sp³-hybridized carbons (Fsp3) is 0.0952. The minimum absolute atomic E-state index is 0.116. The second-order valence-electron chi connectivity index (χ2n) is 6.08. The molecule has 2 aromatic heterocycles. The van der Waals surface area contributed by atoms with E-state index in [-0.39, 0.29) is 12.5 Å². The first kappa shape index (κ1) is 16.0. The average Bonchev–Trinajstić information content (AvgIpc) is 2.99. The smallest absolute Gasteiger partial charge is 0.246 e. The second-order valence-corrected chi connectivity index (χ2v) is 6.08. The molecule has 0 atom stereocenters. The number of carbonyl (C=O) groups excluding carboxylic acids is 1. The zero-order valence-electron chi connectivity index (χ0n) is 14.4. The fourth-order valence-corrected chi connectivity index (χ4v) is 3.11. The number of para-hydroxylation sites is 1. The third kappa shape index (κ3) is 3.07. The lowest BCUT2D eigenvalue weighted by Crippen LogP contribution is -2.19. The van der Waals surface area contributed by atoms with Crippen LogP contribution in [0.5, 0.6) is 0 Å². The lowest BCUT2D eigenvalue weighted by Gasteiger charge is -2.06. The number of carbonyl (C=O) groups is 1. The van der Waals surface area contributed by atoms with Crippen LogP contribution >= 0.6 is 0 Å². The van der Waals surface area contributed by atoms with Gasteiger partial charge in [-0.1, -0.05) is 48.5 Å². The second kappa shape index (κ2) is 6.80. The Kier molecular flexibility index (Phi) is 4.19. The number of rotatable bonds is 4. The maximum atomic E-state index is 12.4. The number of nitrogens with one attached hydrogen (secondary N) is 1. The molecule has 5 nitrogen and oxygen atoms in total. The summed E-state index contributed by atoms with van der Waals surface area (Å²) < 4.78 is 1.66. The van der Waals surface area contributed by atoms with Gasteiger partial charge in [-0.25, -0.2) is 9.67 Å². The third-order valence-corrected chi connectivity index (χ3v) is 4.24. The first-order chi connectivity index (χ1) is 12.7. The molecule has 4 aromatic rings. The molecule has 0 spiro atoms. The Bertz CT molecular complexity index is 1060. The highest BCUT2D eigenvalue weighted by Crippen LogP contribution is 2.29. The van der Waals surface area contributed by atoms with Gasteiger partial charge in [-0.3, -0.25) is 4.79 Å². The average molecular weight is 342 g/mol. The van der Waals surface area contributed by atoms with Crippen molar-refractivity contribution in [1.29, 1.82) is 0 Å². The van der Waals surface area contributed by atoms with E-state index in [1.807, 2.05) is 61.5 Å². The molecule has 0 saturated heterocycles. The van der Waals surface area contributed by atoms with E-state index in [1.165, 1.54) is 0 Å². The molecule has 1 amide bonds. The van der Waals surface area contributed by atoms with Gasteiger partial charge in [-0.15, -0.1) is 0 Å². The van der Waals surface area contributed by atoms with Crippen molar-refractivity contribution >= 4 is 22.6 Å². The number of fused-ring (bicyclic) bond motifs is 1. The van der Waals surface area contributed by atoms with E-state index in [0.717, 1.165) is 27.9 Å². The van der Waals surface area contributed by atoms with Gasteiger partial charge < -0.3 is 5.32 Å². The van der Waals surface area contributed by atoms with Crippen molar-refractivity contribution in [3.8, 4) is 11.1 Å². The quantitative estimate of drug-likeness (QED) is 0.609. The predicted molar refractivity (Wildman–Crippen MR) is 103 cm³/mol. The summed E-state index contributed by atoms with van der Waals surface area (Å²) in [5, 5.41) is 8.41. The molecule has 5 heteroatoms. The normalized spacial score (nSPS) is 10.8. The van der Waals surface area contributed by atoms with Gasteiger partial charge in [0.05, 0.1) is 5.69 Å². The maximum absolute atomic E-state index is 12.4. The summed E-state index contributed by atoms with van der Waals surface area (Å²) in [6.45, 7) is 2.06. The topological polar surface area (TPSA) is 59.8 Å². The molecule has 0 aliphatic rings. The lowest BCUT2D eigenvalue weighted by molar-refractivity contribution is -0.116. The van der Waals surface area contributed by atoms with Crippen molar-refractivity contribution in [2.45, 2.75) is 13.5 Å². The summed E-state index contributed by atoms with van der Waals surface area (Å²) >= 11 is 0. The van der Waals surface area contributed by atoms with E-state index < -0.39 is 0 Å². The predicted octanol–water partition coefficient (Wildman–Crippen LogP) is 4.05. The zero-order valence-corrected chi connectivity index (χ0v) is 14.4. The molecule has 0 aliphatic heterocycles. The molecule has 1 N–H and O–H groups in total. The van der Waals surface area contributed by atoms with E-state index >= 15 is 0 Å². The Morgan fingerprint density at radius 1 is 1.00 bits per heavy atom. The summed E-state index contributed by atoms with van der Waals surface area (Å²) in [4.78, 5) is 16.9. The number of hydrogen-bond acceptors (Lipinski definition) is 3. The molecule has 0 bridgehead atoms. The highest BCUT2D eigenvalue weighted by molar-refractivity contribution is 5.96. The summed E-state index contributed by atoms with van der Waals surface area (Å²) in [6.07, 6.45) is 1.76. The molecule has 0 radical (unpaired) electrons. The standard InChI is InChI=1S/C21H18N4O/c1-15-20-18(16-8-4-2-5-9-16)12-13-22-21(20)25(24-15)14-19(26)23-17-10-6-3-7-11-17/h2-13H,14H2,1H3,(H,23,26). The molecular formula is C21H18N4O. The van der Waals surface area contributed by atoms with Crippen molar-refractivity contribution in [2.24, 2.45) is 0 Å². The molecule has 26 heavy (non-hydrogen) atoms. The van der Waals surface area contributed by atoms with E-state index in [4.69, 9.17) is 0 Å².